The fraction of sp³-hybridized carbons (Fsp3) is 0.304. The second-order valence-electron chi connectivity index (χ2n) is 7.50. The lowest BCUT2D eigenvalue weighted by atomic mass is 10.0. The molecule has 0 bridgehead atoms. The zero-order valence-electron chi connectivity index (χ0n) is 17.4. The number of carbonyl (C=O) groups is 2. The second-order valence-corrected chi connectivity index (χ2v) is 7.50. The molecule has 0 unspecified atom stereocenters. The first-order valence-electron chi connectivity index (χ1n) is 9.95. The molecule has 2 aromatic carbocycles. The highest BCUT2D eigenvalue weighted by Gasteiger charge is 2.21. The Hall–Kier alpha value is -3.32. The molecule has 30 heavy (non-hydrogen) atoms. The zero-order chi connectivity index (χ0) is 21.5. The highest BCUT2D eigenvalue weighted by atomic mass is 16.3. The van der Waals surface area contributed by atoms with Crippen molar-refractivity contribution >= 4 is 29.0 Å². The lowest BCUT2D eigenvalue weighted by Crippen LogP contribution is -2.50. The third kappa shape index (κ3) is 4.99. The minimum atomic E-state index is -0.250. The molecule has 2 N–H and O–H groups in total. The predicted octanol–water partition coefficient (Wildman–Crippen LogP) is 2.75. The number of anilines is 1. The van der Waals surface area contributed by atoms with Gasteiger partial charge in [-0.15, -0.1) is 0 Å². The van der Waals surface area contributed by atoms with Gasteiger partial charge in [0.2, 0.25) is 5.91 Å². The number of benzene rings is 2. The summed E-state index contributed by atoms with van der Waals surface area (Å²) in [5.74, 6) is 0.217. The molecule has 3 aromatic rings. The third-order valence-corrected chi connectivity index (χ3v) is 5.22. The van der Waals surface area contributed by atoms with Gasteiger partial charge < -0.3 is 24.8 Å². The van der Waals surface area contributed by atoms with E-state index in [4.69, 9.17) is 9.90 Å². The average molecular weight is 409 g/mol. The number of carboxylic acid groups (broad SMARTS) is 1. The lowest BCUT2D eigenvalue weighted by molar-refractivity contribution is -0.132. The van der Waals surface area contributed by atoms with Crippen molar-refractivity contribution in [3.63, 3.8) is 0 Å². The van der Waals surface area contributed by atoms with Crippen molar-refractivity contribution in [1.82, 2.24) is 14.8 Å². The summed E-state index contributed by atoms with van der Waals surface area (Å²) in [4.78, 5) is 30.1. The van der Waals surface area contributed by atoms with E-state index in [1.807, 2.05) is 30.1 Å². The van der Waals surface area contributed by atoms with E-state index in [9.17, 15) is 4.79 Å². The molecule has 1 aliphatic rings. The van der Waals surface area contributed by atoms with Crippen LogP contribution in [0.3, 0.4) is 0 Å². The Labute approximate surface area is 176 Å². The van der Waals surface area contributed by atoms with Crippen molar-refractivity contribution in [2.24, 2.45) is 0 Å². The van der Waals surface area contributed by atoms with Gasteiger partial charge in [-0.2, -0.15) is 0 Å². The van der Waals surface area contributed by atoms with Crippen LogP contribution in [0.25, 0.3) is 22.0 Å². The van der Waals surface area contributed by atoms with Crippen LogP contribution in [0.2, 0.25) is 0 Å². The van der Waals surface area contributed by atoms with Gasteiger partial charge in [0.15, 0.2) is 0 Å². The molecule has 2 heterocycles. The summed E-state index contributed by atoms with van der Waals surface area (Å²) in [7, 11) is 3.87. The van der Waals surface area contributed by atoms with Gasteiger partial charge in [-0.3, -0.25) is 9.59 Å². The van der Waals surface area contributed by atoms with E-state index in [-0.39, 0.29) is 12.4 Å². The molecule has 0 aliphatic carbocycles. The molecule has 1 aromatic heterocycles. The van der Waals surface area contributed by atoms with E-state index >= 15 is 0 Å². The van der Waals surface area contributed by atoms with Crippen LogP contribution in [0.4, 0.5) is 5.69 Å². The molecule has 0 radical (unpaired) electrons. The van der Waals surface area contributed by atoms with Gasteiger partial charge in [-0.1, -0.05) is 24.3 Å². The molecule has 0 saturated carbocycles. The maximum atomic E-state index is 12.2. The highest BCUT2D eigenvalue weighted by Crippen LogP contribution is 2.29. The Morgan fingerprint density at radius 3 is 2.37 bits per heavy atom. The molecule has 1 fully saturated rings. The normalized spacial score (nSPS) is 13.8. The number of likely N-dealkylation sites (N-methyl/N-ethyl adjacent to an activating group) is 1. The monoisotopic (exact) mass is 408 g/mol. The largest absolute Gasteiger partial charge is 0.483 e. The predicted molar refractivity (Wildman–Crippen MR) is 120 cm³/mol. The SMILES string of the molecule is CN(C)CC(=O)N1CCN(c2ccc(-c3cccc4[nH]ccc34)cc2)CC1.O=CO. The van der Waals surface area contributed by atoms with Crippen LogP contribution in [0.15, 0.2) is 54.7 Å². The maximum absolute atomic E-state index is 12.2. The van der Waals surface area contributed by atoms with E-state index in [2.05, 4.69) is 58.4 Å². The number of aromatic amines is 1. The number of amides is 1. The van der Waals surface area contributed by atoms with Crippen molar-refractivity contribution in [2.75, 3.05) is 51.7 Å². The number of hydrogen-bond donors (Lipinski definition) is 2. The van der Waals surface area contributed by atoms with Crippen LogP contribution in [-0.4, -0.2) is 79.1 Å². The van der Waals surface area contributed by atoms with Gasteiger partial charge >= 0.3 is 0 Å². The van der Waals surface area contributed by atoms with Crippen LogP contribution in [0, 0.1) is 0 Å². The molecular weight excluding hydrogens is 380 g/mol. The fourth-order valence-electron chi connectivity index (χ4n) is 3.77. The number of nitrogens with one attached hydrogen (secondary N) is 1. The Kier molecular flexibility index (Phi) is 7.08. The number of carbonyl (C=O) groups excluding carboxylic acids is 1. The first-order valence-corrected chi connectivity index (χ1v) is 9.95. The van der Waals surface area contributed by atoms with Crippen molar-refractivity contribution < 1.29 is 14.7 Å². The van der Waals surface area contributed by atoms with Crippen LogP contribution in [-0.2, 0) is 9.59 Å². The van der Waals surface area contributed by atoms with Gasteiger partial charge in [-0.25, -0.2) is 0 Å². The molecule has 1 aliphatic heterocycles. The minimum absolute atomic E-state index is 0.217. The van der Waals surface area contributed by atoms with Gasteiger partial charge in [0.25, 0.3) is 6.47 Å². The van der Waals surface area contributed by atoms with Crippen LogP contribution in [0.5, 0.6) is 0 Å². The molecule has 0 atom stereocenters. The number of nitrogens with zero attached hydrogens (tertiary/aromatic N) is 3. The molecule has 0 spiro atoms. The second kappa shape index (κ2) is 9.93. The van der Waals surface area contributed by atoms with Gasteiger partial charge in [0.1, 0.15) is 0 Å². The Bertz CT molecular complexity index is 974. The van der Waals surface area contributed by atoms with Crippen molar-refractivity contribution in [3.8, 4) is 11.1 Å². The van der Waals surface area contributed by atoms with Crippen molar-refractivity contribution in [3.05, 3.63) is 54.7 Å². The summed E-state index contributed by atoms with van der Waals surface area (Å²) >= 11 is 0. The molecule has 7 heteroatoms. The third-order valence-electron chi connectivity index (χ3n) is 5.22. The Morgan fingerprint density at radius 1 is 1.07 bits per heavy atom. The smallest absolute Gasteiger partial charge is 0.290 e. The molecule has 4 rings (SSSR count). The van der Waals surface area contributed by atoms with E-state index in [1.54, 1.807) is 0 Å². The van der Waals surface area contributed by atoms with E-state index in [1.165, 1.54) is 22.2 Å². The maximum Gasteiger partial charge on any atom is 0.290 e. The number of rotatable bonds is 4. The van der Waals surface area contributed by atoms with Crippen molar-refractivity contribution in [2.45, 2.75) is 0 Å². The quantitative estimate of drug-likeness (QED) is 0.649. The summed E-state index contributed by atoms with van der Waals surface area (Å²) in [6.07, 6.45) is 1.99. The highest BCUT2D eigenvalue weighted by molar-refractivity contribution is 5.95. The molecule has 1 amide bonds. The molecular formula is C23H28N4O3. The summed E-state index contributed by atoms with van der Waals surface area (Å²) in [5, 5.41) is 8.14. The van der Waals surface area contributed by atoms with Gasteiger partial charge in [-0.05, 0) is 49.5 Å². The Morgan fingerprint density at radius 2 is 1.73 bits per heavy atom. The van der Waals surface area contributed by atoms with E-state index in [0.29, 0.717) is 6.54 Å². The number of piperazine rings is 1. The summed E-state index contributed by atoms with van der Waals surface area (Å²) < 4.78 is 0. The Balaban J connectivity index is 0.000000806. The molecule has 158 valence electrons. The van der Waals surface area contributed by atoms with E-state index < -0.39 is 0 Å². The standard InChI is InChI=1S/C22H26N4O.CH2O2/c1-24(2)16-22(27)26-14-12-25(13-15-26)18-8-6-17(7-9-18)19-4-3-5-21-20(19)10-11-23-21;2-1-3/h3-11,23H,12-16H2,1-2H3;1H,(H,2,3). The number of aromatic nitrogens is 1. The molecule has 1 saturated heterocycles. The number of hydrogen-bond acceptors (Lipinski definition) is 4. The van der Waals surface area contributed by atoms with Crippen LogP contribution >= 0.6 is 0 Å². The number of fused-ring (bicyclic) bond motifs is 1. The zero-order valence-corrected chi connectivity index (χ0v) is 17.4. The topological polar surface area (TPSA) is 79.9 Å². The molecule has 7 nitrogen and oxygen atoms in total. The van der Waals surface area contributed by atoms with Crippen LogP contribution < -0.4 is 4.90 Å². The van der Waals surface area contributed by atoms with Gasteiger partial charge in [0, 0.05) is 49.0 Å². The fourth-order valence-corrected chi connectivity index (χ4v) is 3.77. The first kappa shape index (κ1) is 21.4. The number of H-pyrrole nitrogens is 1. The lowest BCUT2D eigenvalue weighted by Gasteiger charge is -2.36. The summed E-state index contributed by atoms with van der Waals surface area (Å²) in [6.45, 7) is 3.57. The van der Waals surface area contributed by atoms with Gasteiger partial charge in [0.05, 0.1) is 6.54 Å². The van der Waals surface area contributed by atoms with Crippen LogP contribution in [0.1, 0.15) is 0 Å². The van der Waals surface area contributed by atoms with Crippen molar-refractivity contribution in [1.29, 1.82) is 0 Å². The minimum Gasteiger partial charge on any atom is -0.483 e. The summed E-state index contributed by atoms with van der Waals surface area (Å²) in [6, 6.07) is 17.3. The van der Waals surface area contributed by atoms with E-state index in [0.717, 1.165) is 31.7 Å². The average Bonchev–Trinajstić information content (AvgIpc) is 3.23. The first-order chi connectivity index (χ1) is 14.5. The summed E-state index contributed by atoms with van der Waals surface area (Å²) in [5.41, 5.74) is 4.86.